The van der Waals surface area contributed by atoms with E-state index in [1.165, 1.54) is 31.7 Å². The fourth-order valence-electron chi connectivity index (χ4n) is 3.91. The Bertz CT molecular complexity index is 750. The second-order valence-electron chi connectivity index (χ2n) is 7.18. The summed E-state index contributed by atoms with van der Waals surface area (Å²) in [5.74, 6) is 0.740. The first-order valence-corrected chi connectivity index (χ1v) is 10.8. The second-order valence-corrected chi connectivity index (χ2v) is 8.74. The third-order valence-corrected chi connectivity index (χ3v) is 6.22. The van der Waals surface area contributed by atoms with Gasteiger partial charge in [-0.05, 0) is 37.0 Å². The molecular weight excluding hydrogens is 477 g/mol. The molecule has 1 aliphatic heterocycles. The lowest BCUT2D eigenvalue weighted by molar-refractivity contribution is 0.242. The van der Waals surface area contributed by atoms with Crippen LogP contribution in [0.2, 0.25) is 0 Å². The largest absolute Gasteiger partial charge is 0.352 e. The van der Waals surface area contributed by atoms with Gasteiger partial charge in [0, 0.05) is 38.8 Å². The van der Waals surface area contributed by atoms with Crippen LogP contribution in [0.3, 0.4) is 0 Å². The maximum absolute atomic E-state index is 11.5. The number of hydrogen-bond acceptors (Lipinski definition) is 4. The van der Waals surface area contributed by atoms with Crippen LogP contribution in [0.5, 0.6) is 0 Å². The van der Waals surface area contributed by atoms with Crippen LogP contribution in [0, 0.1) is 0 Å². The number of likely N-dealkylation sites (tertiary alicyclic amines) is 1. The zero-order chi connectivity index (χ0) is 18.6. The predicted molar refractivity (Wildman–Crippen MR) is 119 cm³/mol. The molecule has 0 amide bonds. The molecule has 1 heterocycles. The number of hydrogen-bond donors (Lipinski definition) is 3. The van der Waals surface area contributed by atoms with Gasteiger partial charge in [0.05, 0.1) is 4.90 Å². The zero-order valence-corrected chi connectivity index (χ0v) is 18.9. The summed E-state index contributed by atoms with van der Waals surface area (Å²) in [6.07, 6.45) is 6.51. The molecule has 1 atom stereocenters. The molecule has 7 nitrogen and oxygen atoms in total. The minimum absolute atomic E-state index is 0. The van der Waals surface area contributed by atoms with E-state index in [2.05, 4.69) is 20.5 Å². The SMILES string of the molecule is CN=C(NCc1cccc(S(N)(=O)=O)c1)NC1CCN(C2CCCC2)C1.I. The number of nitrogens with zero attached hydrogens (tertiary/aromatic N) is 2. The van der Waals surface area contributed by atoms with Crippen LogP contribution in [0.15, 0.2) is 34.2 Å². The lowest BCUT2D eigenvalue weighted by Gasteiger charge is -2.24. The van der Waals surface area contributed by atoms with Crippen LogP contribution in [-0.2, 0) is 16.6 Å². The van der Waals surface area contributed by atoms with E-state index in [1.807, 2.05) is 6.07 Å². The van der Waals surface area contributed by atoms with Gasteiger partial charge in [-0.3, -0.25) is 9.89 Å². The molecule has 152 valence electrons. The average Bonchev–Trinajstić information content (AvgIpc) is 3.29. The molecular formula is C18H30IN5O2S. The average molecular weight is 507 g/mol. The molecule has 0 bridgehead atoms. The molecule has 1 aliphatic carbocycles. The normalized spacial score (nSPS) is 21.9. The number of halogens is 1. The van der Waals surface area contributed by atoms with Gasteiger partial charge in [0.25, 0.3) is 0 Å². The highest BCUT2D eigenvalue weighted by atomic mass is 127. The smallest absolute Gasteiger partial charge is 0.238 e. The predicted octanol–water partition coefficient (Wildman–Crippen LogP) is 1.63. The summed E-state index contributed by atoms with van der Waals surface area (Å²) in [5, 5.41) is 11.9. The summed E-state index contributed by atoms with van der Waals surface area (Å²) < 4.78 is 22.9. The summed E-state index contributed by atoms with van der Waals surface area (Å²) in [6.45, 7) is 2.70. The Morgan fingerprint density at radius 3 is 2.70 bits per heavy atom. The Labute approximate surface area is 179 Å². The van der Waals surface area contributed by atoms with Crippen LogP contribution < -0.4 is 15.8 Å². The molecule has 27 heavy (non-hydrogen) atoms. The fraction of sp³-hybridized carbons (Fsp3) is 0.611. The van der Waals surface area contributed by atoms with Crippen molar-refractivity contribution in [2.24, 2.45) is 10.1 Å². The van der Waals surface area contributed by atoms with Crippen molar-refractivity contribution < 1.29 is 8.42 Å². The van der Waals surface area contributed by atoms with Crippen molar-refractivity contribution in [3.8, 4) is 0 Å². The molecule has 1 aromatic carbocycles. The highest BCUT2D eigenvalue weighted by Crippen LogP contribution is 2.26. The first-order chi connectivity index (χ1) is 12.5. The Hall–Kier alpha value is -0.910. The van der Waals surface area contributed by atoms with Crippen LogP contribution in [0.4, 0.5) is 0 Å². The summed E-state index contributed by atoms with van der Waals surface area (Å²) in [5.41, 5.74) is 0.846. The summed E-state index contributed by atoms with van der Waals surface area (Å²) in [6, 6.07) is 7.82. The maximum Gasteiger partial charge on any atom is 0.238 e. The molecule has 3 rings (SSSR count). The van der Waals surface area contributed by atoms with Crippen molar-refractivity contribution in [3.63, 3.8) is 0 Å². The summed E-state index contributed by atoms with van der Waals surface area (Å²) in [4.78, 5) is 7.03. The number of nitrogens with two attached hydrogens (primary N) is 1. The molecule has 9 heteroatoms. The molecule has 0 spiro atoms. The minimum atomic E-state index is -3.68. The van der Waals surface area contributed by atoms with E-state index >= 15 is 0 Å². The van der Waals surface area contributed by atoms with Crippen molar-refractivity contribution >= 4 is 40.0 Å². The van der Waals surface area contributed by atoms with Gasteiger partial charge in [-0.25, -0.2) is 13.6 Å². The van der Waals surface area contributed by atoms with E-state index in [4.69, 9.17) is 5.14 Å². The second kappa shape index (κ2) is 10.0. The molecule has 1 unspecified atom stereocenters. The third-order valence-electron chi connectivity index (χ3n) is 5.31. The van der Waals surface area contributed by atoms with Gasteiger partial charge in [0.1, 0.15) is 0 Å². The first-order valence-electron chi connectivity index (χ1n) is 9.28. The number of nitrogens with one attached hydrogen (secondary N) is 2. The van der Waals surface area contributed by atoms with Gasteiger partial charge in [-0.2, -0.15) is 0 Å². The molecule has 0 aromatic heterocycles. The molecule has 0 radical (unpaired) electrons. The van der Waals surface area contributed by atoms with Gasteiger partial charge in [-0.1, -0.05) is 25.0 Å². The number of aliphatic imine (C=N–C) groups is 1. The van der Waals surface area contributed by atoms with Crippen LogP contribution in [0.1, 0.15) is 37.7 Å². The fourth-order valence-corrected chi connectivity index (χ4v) is 4.50. The van der Waals surface area contributed by atoms with Gasteiger partial charge < -0.3 is 10.6 Å². The Kier molecular flexibility index (Phi) is 8.32. The lowest BCUT2D eigenvalue weighted by Crippen LogP contribution is -2.45. The van der Waals surface area contributed by atoms with Gasteiger partial charge >= 0.3 is 0 Å². The number of guanidine groups is 1. The zero-order valence-electron chi connectivity index (χ0n) is 15.7. The monoisotopic (exact) mass is 507 g/mol. The van der Waals surface area contributed by atoms with E-state index in [0.29, 0.717) is 12.6 Å². The van der Waals surface area contributed by atoms with Crippen molar-refractivity contribution in [2.45, 2.75) is 55.6 Å². The minimum Gasteiger partial charge on any atom is -0.352 e. The van der Waals surface area contributed by atoms with Crippen molar-refractivity contribution in [2.75, 3.05) is 20.1 Å². The van der Waals surface area contributed by atoms with Crippen molar-refractivity contribution in [1.29, 1.82) is 0 Å². The quantitative estimate of drug-likeness (QED) is 0.320. The molecule has 2 fully saturated rings. The number of rotatable bonds is 5. The molecule has 1 aromatic rings. The highest BCUT2D eigenvalue weighted by molar-refractivity contribution is 14.0. The van der Waals surface area contributed by atoms with Crippen LogP contribution >= 0.6 is 24.0 Å². The summed E-state index contributed by atoms with van der Waals surface area (Å²) >= 11 is 0. The molecule has 2 aliphatic rings. The van der Waals surface area contributed by atoms with E-state index in [0.717, 1.165) is 37.1 Å². The first kappa shape index (κ1) is 22.4. The molecule has 1 saturated heterocycles. The van der Waals surface area contributed by atoms with E-state index in [1.54, 1.807) is 19.2 Å². The van der Waals surface area contributed by atoms with E-state index < -0.39 is 10.0 Å². The standard InChI is InChI=1S/C18H29N5O2S.HI/c1-20-18(21-12-14-5-4-8-17(11-14)26(19,24)25)22-15-9-10-23(13-15)16-6-2-3-7-16;/h4-5,8,11,15-16H,2-3,6-7,9-10,12-13H2,1H3,(H2,19,24,25)(H2,20,21,22);1H. The Morgan fingerprint density at radius 2 is 2.04 bits per heavy atom. The van der Waals surface area contributed by atoms with Crippen LogP contribution in [0.25, 0.3) is 0 Å². The van der Waals surface area contributed by atoms with Gasteiger partial charge in [0.15, 0.2) is 5.96 Å². The van der Waals surface area contributed by atoms with Crippen molar-refractivity contribution in [3.05, 3.63) is 29.8 Å². The number of sulfonamides is 1. The lowest BCUT2D eigenvalue weighted by atomic mass is 10.2. The topological polar surface area (TPSA) is 99.8 Å². The summed E-state index contributed by atoms with van der Waals surface area (Å²) in [7, 11) is -1.93. The van der Waals surface area contributed by atoms with Crippen LogP contribution in [-0.4, -0.2) is 51.5 Å². The maximum atomic E-state index is 11.5. The van der Waals surface area contributed by atoms with Gasteiger partial charge in [-0.15, -0.1) is 24.0 Å². The van der Waals surface area contributed by atoms with Crippen molar-refractivity contribution in [1.82, 2.24) is 15.5 Å². The Morgan fingerprint density at radius 1 is 1.30 bits per heavy atom. The number of benzene rings is 1. The molecule has 1 saturated carbocycles. The Balaban J connectivity index is 0.00000261. The molecule has 4 N–H and O–H groups in total. The van der Waals surface area contributed by atoms with Gasteiger partial charge in [0.2, 0.25) is 10.0 Å². The van der Waals surface area contributed by atoms with E-state index in [-0.39, 0.29) is 28.9 Å². The number of primary sulfonamides is 1. The highest BCUT2D eigenvalue weighted by Gasteiger charge is 2.30. The third kappa shape index (κ3) is 6.30. The van der Waals surface area contributed by atoms with E-state index in [9.17, 15) is 8.42 Å².